The van der Waals surface area contributed by atoms with Gasteiger partial charge in [-0.1, -0.05) is 6.58 Å². The van der Waals surface area contributed by atoms with Crippen LogP contribution in [0.5, 0.6) is 0 Å². The summed E-state index contributed by atoms with van der Waals surface area (Å²) >= 11 is 0. The van der Waals surface area contributed by atoms with Crippen molar-refractivity contribution in [3.8, 4) is 0 Å². The van der Waals surface area contributed by atoms with Crippen molar-refractivity contribution in [2.24, 2.45) is 0 Å². The fourth-order valence-electron chi connectivity index (χ4n) is 3.17. The van der Waals surface area contributed by atoms with Gasteiger partial charge in [-0.15, -0.1) is 5.10 Å². The van der Waals surface area contributed by atoms with E-state index in [4.69, 9.17) is 4.74 Å². The quantitative estimate of drug-likeness (QED) is 0.243. The summed E-state index contributed by atoms with van der Waals surface area (Å²) in [6, 6.07) is 0. The van der Waals surface area contributed by atoms with Crippen LogP contribution in [0.15, 0.2) is 12.7 Å². The minimum atomic E-state index is -5.82. The average molecular weight is 472 g/mol. The maximum absolute atomic E-state index is 13.0. The lowest BCUT2D eigenvalue weighted by Crippen LogP contribution is -2.53. The number of carbonyl (C=O) groups excluding carboxylic acids is 1. The molecule has 0 radical (unpaired) electrons. The third-order valence-electron chi connectivity index (χ3n) is 4.35. The van der Waals surface area contributed by atoms with E-state index in [0.717, 1.165) is 6.08 Å². The molecule has 1 rings (SSSR count). The Labute approximate surface area is 182 Å². The lowest BCUT2D eigenvalue weighted by atomic mass is 9.84. The van der Waals surface area contributed by atoms with Crippen molar-refractivity contribution in [1.82, 2.24) is 30.8 Å². The zero-order chi connectivity index (χ0) is 24.6. The molecule has 14 heteroatoms. The molecule has 0 aromatic carbocycles. The van der Waals surface area contributed by atoms with Crippen LogP contribution in [0.25, 0.3) is 0 Å². The van der Waals surface area contributed by atoms with Gasteiger partial charge in [0.05, 0.1) is 25.3 Å². The third kappa shape index (κ3) is 8.06. The summed E-state index contributed by atoms with van der Waals surface area (Å²) in [6.07, 6.45) is -9.87. The highest BCUT2D eigenvalue weighted by Crippen LogP contribution is 2.36. The van der Waals surface area contributed by atoms with E-state index in [-0.39, 0.29) is 25.3 Å². The average Bonchev–Trinajstić information content (AvgIpc) is 3.13. The number of alkyl halides is 5. The second-order valence-corrected chi connectivity index (χ2v) is 7.80. The monoisotopic (exact) mass is 472 g/mol. The number of amides is 1. The van der Waals surface area contributed by atoms with E-state index in [0.29, 0.717) is 13.2 Å². The minimum Gasteiger partial charge on any atom is -0.380 e. The SMILES string of the molecule is C=CC(=O)NC(C)(C)CC(C)(NCCOC(F)(F)C(F)(F)F)c1nnnn1CCOCC. The predicted molar refractivity (Wildman–Crippen MR) is 104 cm³/mol. The van der Waals surface area contributed by atoms with Gasteiger partial charge in [0.2, 0.25) is 5.91 Å². The van der Waals surface area contributed by atoms with Gasteiger partial charge >= 0.3 is 12.3 Å². The zero-order valence-electron chi connectivity index (χ0n) is 18.4. The van der Waals surface area contributed by atoms with Crippen LogP contribution in [0.3, 0.4) is 0 Å². The van der Waals surface area contributed by atoms with E-state index in [2.05, 4.69) is 37.5 Å². The van der Waals surface area contributed by atoms with Crippen LogP contribution in [0.1, 0.15) is 39.9 Å². The van der Waals surface area contributed by atoms with Crippen molar-refractivity contribution in [2.75, 3.05) is 26.4 Å². The molecule has 2 N–H and O–H groups in total. The van der Waals surface area contributed by atoms with Gasteiger partial charge in [-0.25, -0.2) is 4.68 Å². The van der Waals surface area contributed by atoms with Crippen molar-refractivity contribution < 1.29 is 36.2 Å². The van der Waals surface area contributed by atoms with Gasteiger partial charge in [0, 0.05) is 18.7 Å². The number of tetrazole rings is 1. The van der Waals surface area contributed by atoms with Crippen molar-refractivity contribution in [3.05, 3.63) is 18.5 Å². The fraction of sp³-hybridized carbons (Fsp3) is 0.778. The summed E-state index contributed by atoms with van der Waals surface area (Å²) in [7, 11) is 0. The summed E-state index contributed by atoms with van der Waals surface area (Å²) in [5, 5.41) is 17.2. The van der Waals surface area contributed by atoms with Gasteiger partial charge in [-0.05, 0) is 50.6 Å². The fourth-order valence-corrected chi connectivity index (χ4v) is 3.17. The molecule has 0 aliphatic heterocycles. The number of ether oxygens (including phenoxy) is 2. The summed E-state index contributed by atoms with van der Waals surface area (Å²) in [4.78, 5) is 11.8. The number of aromatic nitrogens is 4. The standard InChI is InChI=1S/C18H29F5N6O3/c1-6-13(30)25-15(3,4)12-16(5,14-26-27-28-29(14)9-11-31-7-2)24-8-10-32-18(22,23)17(19,20)21/h6,24H,1,7-12H2,2-5H3,(H,25,30). The van der Waals surface area contributed by atoms with E-state index in [1.807, 2.05) is 6.92 Å². The minimum absolute atomic E-state index is 0.143. The van der Waals surface area contributed by atoms with Gasteiger partial charge in [-0.2, -0.15) is 22.0 Å². The highest BCUT2D eigenvalue weighted by Gasteiger charge is 2.59. The topological polar surface area (TPSA) is 103 Å². The maximum atomic E-state index is 13.0. The number of carbonyl (C=O) groups is 1. The second-order valence-electron chi connectivity index (χ2n) is 7.80. The molecule has 1 atom stereocenters. The Morgan fingerprint density at radius 2 is 1.84 bits per heavy atom. The van der Waals surface area contributed by atoms with Crippen molar-refractivity contribution in [1.29, 1.82) is 0 Å². The summed E-state index contributed by atoms with van der Waals surface area (Å²) < 4.78 is 73.5. The highest BCUT2D eigenvalue weighted by molar-refractivity contribution is 5.87. The third-order valence-corrected chi connectivity index (χ3v) is 4.35. The molecule has 1 unspecified atom stereocenters. The Bertz CT molecular complexity index is 756. The second kappa shape index (κ2) is 11.1. The molecule has 9 nitrogen and oxygen atoms in total. The molecule has 0 saturated heterocycles. The first-order chi connectivity index (χ1) is 14.7. The normalized spacial score (nSPS) is 14.8. The summed E-state index contributed by atoms with van der Waals surface area (Å²) in [5.74, 6) is -0.165. The van der Waals surface area contributed by atoms with E-state index in [9.17, 15) is 26.7 Å². The number of rotatable bonds is 14. The number of halogens is 5. The lowest BCUT2D eigenvalue weighted by Gasteiger charge is -2.38. The first-order valence-corrected chi connectivity index (χ1v) is 9.80. The van der Waals surface area contributed by atoms with E-state index >= 15 is 0 Å². The molecule has 184 valence electrons. The van der Waals surface area contributed by atoms with Gasteiger partial charge in [0.15, 0.2) is 5.82 Å². The van der Waals surface area contributed by atoms with Crippen LogP contribution < -0.4 is 10.6 Å². The Morgan fingerprint density at radius 3 is 2.41 bits per heavy atom. The van der Waals surface area contributed by atoms with Crippen molar-refractivity contribution in [2.45, 2.75) is 64.0 Å². The molecule has 1 amide bonds. The molecular formula is C18H29F5N6O3. The smallest absolute Gasteiger partial charge is 0.380 e. The first kappa shape index (κ1) is 27.8. The largest absolute Gasteiger partial charge is 0.482 e. The highest BCUT2D eigenvalue weighted by atomic mass is 19.4. The molecular weight excluding hydrogens is 443 g/mol. The Morgan fingerprint density at radius 1 is 1.19 bits per heavy atom. The number of nitrogens with one attached hydrogen (secondary N) is 2. The molecule has 1 aromatic heterocycles. The maximum Gasteiger partial charge on any atom is 0.482 e. The summed E-state index contributed by atoms with van der Waals surface area (Å²) in [6.45, 7) is 9.97. The molecule has 0 aliphatic carbocycles. The van der Waals surface area contributed by atoms with Crippen molar-refractivity contribution >= 4 is 5.91 Å². The molecule has 0 spiro atoms. The predicted octanol–water partition coefficient (Wildman–Crippen LogP) is 2.16. The lowest BCUT2D eigenvalue weighted by molar-refractivity contribution is -0.390. The molecule has 32 heavy (non-hydrogen) atoms. The van der Waals surface area contributed by atoms with Crippen LogP contribution in [-0.4, -0.2) is 70.3 Å². The zero-order valence-corrected chi connectivity index (χ0v) is 18.4. The molecule has 1 aromatic rings. The molecule has 0 bridgehead atoms. The van der Waals surface area contributed by atoms with E-state index < -0.39 is 35.9 Å². The van der Waals surface area contributed by atoms with E-state index in [1.54, 1.807) is 20.8 Å². The van der Waals surface area contributed by atoms with Gasteiger partial charge < -0.3 is 20.1 Å². The van der Waals surface area contributed by atoms with Crippen molar-refractivity contribution in [3.63, 3.8) is 0 Å². The van der Waals surface area contributed by atoms with Crippen LogP contribution in [0, 0.1) is 0 Å². The van der Waals surface area contributed by atoms with Crippen LogP contribution in [0.4, 0.5) is 22.0 Å². The summed E-state index contributed by atoms with van der Waals surface area (Å²) in [5.41, 5.74) is -2.01. The van der Waals surface area contributed by atoms with Gasteiger partial charge in [0.1, 0.15) is 0 Å². The Balaban J connectivity index is 3.05. The van der Waals surface area contributed by atoms with Gasteiger partial charge in [-0.3, -0.25) is 4.79 Å². The van der Waals surface area contributed by atoms with E-state index in [1.165, 1.54) is 4.68 Å². The number of nitrogens with zero attached hydrogens (tertiary/aromatic N) is 4. The van der Waals surface area contributed by atoms with Crippen LogP contribution in [-0.2, 0) is 26.4 Å². The van der Waals surface area contributed by atoms with Crippen LogP contribution in [0.2, 0.25) is 0 Å². The number of hydrogen-bond donors (Lipinski definition) is 2. The molecule has 1 heterocycles. The molecule has 0 saturated carbocycles. The first-order valence-electron chi connectivity index (χ1n) is 9.80. The Hall–Kier alpha value is -2.19. The molecule has 0 fully saturated rings. The number of hydrogen-bond acceptors (Lipinski definition) is 7. The Kier molecular flexibility index (Phi) is 9.66. The molecule has 0 aliphatic rings. The van der Waals surface area contributed by atoms with Gasteiger partial charge in [0.25, 0.3) is 0 Å². The van der Waals surface area contributed by atoms with Crippen LogP contribution >= 0.6 is 0 Å².